The molecule has 0 fully saturated rings. The lowest BCUT2D eigenvalue weighted by Gasteiger charge is -2.08. The van der Waals surface area contributed by atoms with Gasteiger partial charge in [0.2, 0.25) is 0 Å². The molecule has 1 aromatic carbocycles. The highest BCUT2D eigenvalue weighted by molar-refractivity contribution is 6.29. The average molecular weight is 278 g/mol. The van der Waals surface area contributed by atoms with Gasteiger partial charge in [-0.1, -0.05) is 23.7 Å². The second-order valence-corrected chi connectivity index (χ2v) is 4.60. The monoisotopic (exact) mass is 277 g/mol. The molecule has 0 aliphatic rings. The van der Waals surface area contributed by atoms with Crippen LogP contribution in [0.2, 0.25) is 5.15 Å². The Labute approximate surface area is 117 Å². The van der Waals surface area contributed by atoms with E-state index in [0.29, 0.717) is 17.6 Å². The Morgan fingerprint density at radius 2 is 2.11 bits per heavy atom. The SMILES string of the molecule is CNCc1cccc(OCc2nc(C)cc(Cl)n2)c1. The Morgan fingerprint density at radius 3 is 2.84 bits per heavy atom. The molecular formula is C14H16ClN3O. The molecule has 0 saturated carbocycles. The van der Waals surface area contributed by atoms with Gasteiger partial charge in [0.05, 0.1) is 0 Å². The van der Waals surface area contributed by atoms with E-state index in [1.807, 2.05) is 38.2 Å². The first-order valence-electron chi connectivity index (χ1n) is 6.04. The fraction of sp³-hybridized carbons (Fsp3) is 0.286. The molecule has 0 amide bonds. The molecule has 0 unspecified atom stereocenters. The molecule has 19 heavy (non-hydrogen) atoms. The van der Waals surface area contributed by atoms with Crippen LogP contribution >= 0.6 is 11.6 Å². The first-order chi connectivity index (χ1) is 9.17. The van der Waals surface area contributed by atoms with Gasteiger partial charge < -0.3 is 10.1 Å². The Kier molecular flexibility index (Phi) is 4.71. The third-order valence-electron chi connectivity index (χ3n) is 2.52. The molecule has 2 aromatic rings. The third kappa shape index (κ3) is 4.19. The fourth-order valence-electron chi connectivity index (χ4n) is 1.75. The predicted molar refractivity (Wildman–Crippen MR) is 75.3 cm³/mol. The standard InChI is InChI=1S/C14H16ClN3O/c1-10-6-13(15)18-14(17-10)9-19-12-5-3-4-11(7-12)8-16-2/h3-7,16H,8-9H2,1-2H3. The fourth-order valence-corrected chi connectivity index (χ4v) is 2.01. The first-order valence-corrected chi connectivity index (χ1v) is 6.41. The van der Waals surface area contributed by atoms with Crippen LogP contribution in [-0.2, 0) is 13.2 Å². The summed E-state index contributed by atoms with van der Waals surface area (Å²) in [6.07, 6.45) is 0. The largest absolute Gasteiger partial charge is 0.486 e. The molecule has 2 rings (SSSR count). The summed E-state index contributed by atoms with van der Waals surface area (Å²) >= 11 is 5.88. The maximum Gasteiger partial charge on any atom is 0.167 e. The van der Waals surface area contributed by atoms with E-state index in [4.69, 9.17) is 16.3 Å². The minimum absolute atomic E-state index is 0.310. The average Bonchev–Trinajstić information content (AvgIpc) is 2.36. The maximum atomic E-state index is 5.88. The lowest BCUT2D eigenvalue weighted by molar-refractivity contribution is 0.295. The number of halogens is 1. The molecule has 1 N–H and O–H groups in total. The summed E-state index contributed by atoms with van der Waals surface area (Å²) in [6.45, 7) is 3.00. The minimum atomic E-state index is 0.310. The highest BCUT2D eigenvalue weighted by atomic mass is 35.5. The van der Waals surface area contributed by atoms with Crippen LogP contribution in [-0.4, -0.2) is 17.0 Å². The molecule has 0 spiro atoms. The minimum Gasteiger partial charge on any atom is -0.486 e. The van der Waals surface area contributed by atoms with Crippen LogP contribution in [0.5, 0.6) is 5.75 Å². The van der Waals surface area contributed by atoms with Gasteiger partial charge in [0.1, 0.15) is 17.5 Å². The van der Waals surface area contributed by atoms with E-state index in [-0.39, 0.29) is 0 Å². The number of rotatable bonds is 5. The van der Waals surface area contributed by atoms with Gasteiger partial charge in [-0.15, -0.1) is 0 Å². The van der Waals surface area contributed by atoms with Crippen molar-refractivity contribution >= 4 is 11.6 Å². The van der Waals surface area contributed by atoms with Gasteiger partial charge in [0.15, 0.2) is 5.82 Å². The zero-order chi connectivity index (χ0) is 13.7. The van der Waals surface area contributed by atoms with E-state index >= 15 is 0 Å². The summed E-state index contributed by atoms with van der Waals surface area (Å²) < 4.78 is 5.68. The summed E-state index contributed by atoms with van der Waals surface area (Å²) in [4.78, 5) is 8.40. The van der Waals surface area contributed by atoms with Crippen molar-refractivity contribution in [3.63, 3.8) is 0 Å². The van der Waals surface area contributed by atoms with E-state index in [2.05, 4.69) is 15.3 Å². The van der Waals surface area contributed by atoms with E-state index in [9.17, 15) is 0 Å². The molecule has 0 bridgehead atoms. The van der Waals surface area contributed by atoms with Crippen molar-refractivity contribution in [3.05, 3.63) is 52.6 Å². The highest BCUT2D eigenvalue weighted by Gasteiger charge is 2.02. The molecule has 0 saturated heterocycles. The number of aromatic nitrogens is 2. The van der Waals surface area contributed by atoms with Gasteiger partial charge in [-0.2, -0.15) is 0 Å². The Bertz CT molecular complexity index is 540. The molecule has 100 valence electrons. The van der Waals surface area contributed by atoms with Crippen molar-refractivity contribution in [1.82, 2.24) is 15.3 Å². The summed E-state index contributed by atoms with van der Waals surface area (Å²) in [7, 11) is 1.91. The van der Waals surface area contributed by atoms with Crippen molar-refractivity contribution in [3.8, 4) is 5.75 Å². The molecule has 1 heterocycles. The number of hydrogen-bond acceptors (Lipinski definition) is 4. The van der Waals surface area contributed by atoms with Crippen LogP contribution in [0.25, 0.3) is 0 Å². The first kappa shape index (κ1) is 13.8. The summed E-state index contributed by atoms with van der Waals surface area (Å²) in [6, 6.07) is 9.64. The second kappa shape index (κ2) is 6.50. The van der Waals surface area contributed by atoms with Crippen LogP contribution in [0.3, 0.4) is 0 Å². The Balaban J connectivity index is 2.03. The van der Waals surface area contributed by atoms with Crippen LogP contribution in [0.1, 0.15) is 17.1 Å². The van der Waals surface area contributed by atoms with Crippen molar-refractivity contribution in [1.29, 1.82) is 0 Å². The van der Waals surface area contributed by atoms with Crippen molar-refractivity contribution in [2.45, 2.75) is 20.1 Å². The molecular weight excluding hydrogens is 262 g/mol. The van der Waals surface area contributed by atoms with E-state index in [0.717, 1.165) is 18.0 Å². The molecule has 0 aliphatic carbocycles. The van der Waals surface area contributed by atoms with Crippen LogP contribution in [0.4, 0.5) is 0 Å². The van der Waals surface area contributed by atoms with Crippen molar-refractivity contribution in [2.75, 3.05) is 7.05 Å². The summed E-state index contributed by atoms with van der Waals surface area (Å²) in [5.41, 5.74) is 2.01. The molecule has 0 aliphatic heterocycles. The molecule has 0 radical (unpaired) electrons. The lowest BCUT2D eigenvalue weighted by Crippen LogP contribution is -2.06. The van der Waals surface area contributed by atoms with Crippen LogP contribution < -0.4 is 10.1 Å². The van der Waals surface area contributed by atoms with Gasteiger partial charge in [-0.25, -0.2) is 9.97 Å². The number of nitrogens with one attached hydrogen (secondary N) is 1. The Hall–Kier alpha value is -1.65. The number of ether oxygens (including phenoxy) is 1. The quantitative estimate of drug-likeness (QED) is 0.854. The van der Waals surface area contributed by atoms with E-state index < -0.39 is 0 Å². The molecule has 0 atom stereocenters. The molecule has 5 heteroatoms. The topological polar surface area (TPSA) is 47.0 Å². The molecule has 1 aromatic heterocycles. The summed E-state index contributed by atoms with van der Waals surface area (Å²) in [5.74, 6) is 1.39. The zero-order valence-corrected chi connectivity index (χ0v) is 11.7. The Morgan fingerprint density at radius 1 is 1.26 bits per heavy atom. The van der Waals surface area contributed by atoms with Gasteiger partial charge >= 0.3 is 0 Å². The number of hydrogen-bond donors (Lipinski definition) is 1. The maximum absolute atomic E-state index is 5.88. The van der Waals surface area contributed by atoms with Gasteiger partial charge in [-0.3, -0.25) is 0 Å². The number of aryl methyl sites for hydroxylation is 1. The van der Waals surface area contributed by atoms with Crippen molar-refractivity contribution < 1.29 is 4.74 Å². The smallest absolute Gasteiger partial charge is 0.167 e. The van der Waals surface area contributed by atoms with E-state index in [1.165, 1.54) is 5.56 Å². The van der Waals surface area contributed by atoms with Gasteiger partial charge in [0.25, 0.3) is 0 Å². The van der Waals surface area contributed by atoms with Crippen LogP contribution in [0.15, 0.2) is 30.3 Å². The van der Waals surface area contributed by atoms with Gasteiger partial charge in [0, 0.05) is 12.2 Å². The van der Waals surface area contributed by atoms with Crippen molar-refractivity contribution in [2.24, 2.45) is 0 Å². The zero-order valence-electron chi connectivity index (χ0n) is 11.0. The third-order valence-corrected chi connectivity index (χ3v) is 2.71. The highest BCUT2D eigenvalue weighted by Crippen LogP contribution is 2.15. The lowest BCUT2D eigenvalue weighted by atomic mass is 10.2. The number of nitrogens with zero attached hydrogens (tertiary/aromatic N) is 2. The van der Waals surface area contributed by atoms with Crippen LogP contribution in [0, 0.1) is 6.92 Å². The van der Waals surface area contributed by atoms with Gasteiger partial charge in [-0.05, 0) is 37.7 Å². The molecule has 4 nitrogen and oxygen atoms in total. The number of benzene rings is 1. The second-order valence-electron chi connectivity index (χ2n) is 4.21. The summed E-state index contributed by atoms with van der Waals surface area (Å²) in [5, 5.41) is 3.54. The normalized spacial score (nSPS) is 10.5. The predicted octanol–water partition coefficient (Wildman–Crippen LogP) is 2.74. The van der Waals surface area contributed by atoms with E-state index in [1.54, 1.807) is 6.07 Å².